The van der Waals surface area contributed by atoms with E-state index in [9.17, 15) is 0 Å². The molecule has 0 spiro atoms. The second-order valence-electron chi connectivity index (χ2n) is 1.65. The van der Waals surface area contributed by atoms with Gasteiger partial charge in [0.05, 0.1) is 0 Å². The number of nitrogen functional groups attached to an aromatic ring is 3. The van der Waals surface area contributed by atoms with Crippen LogP contribution >= 0.6 is 0 Å². The minimum absolute atomic E-state index is 0.0417. The number of rotatable bonds is 0. The molecular weight excluding hydrogens is 200 g/mol. The van der Waals surface area contributed by atoms with Crippen LogP contribution in [0.2, 0.25) is 0 Å². The maximum atomic E-state index is 8.59. The summed E-state index contributed by atoms with van der Waals surface area (Å²) in [5, 5.41) is 0. The molecule has 0 fully saturated rings. The molecule has 0 amide bonds. The van der Waals surface area contributed by atoms with Gasteiger partial charge in [-0.2, -0.15) is 15.0 Å². The first kappa shape index (κ1) is 11.3. The number of thiol groups is 1. The maximum absolute atomic E-state index is 8.59. The summed E-state index contributed by atoms with van der Waals surface area (Å²) in [6, 6.07) is 0. The van der Waals surface area contributed by atoms with E-state index in [1.54, 1.807) is 0 Å². The third kappa shape index (κ3) is 6.71. The van der Waals surface area contributed by atoms with Crippen molar-refractivity contribution in [3.05, 3.63) is 0 Å². The van der Waals surface area contributed by atoms with Gasteiger partial charge in [-0.3, -0.25) is 4.55 Å². The number of hydrogen-bond acceptors (Lipinski definition) is 8. The van der Waals surface area contributed by atoms with E-state index in [1.807, 2.05) is 0 Å². The highest BCUT2D eigenvalue weighted by Gasteiger charge is 1.93. The molecule has 0 saturated heterocycles. The third-order valence-electron chi connectivity index (χ3n) is 0.687. The van der Waals surface area contributed by atoms with Crippen molar-refractivity contribution in [2.45, 2.75) is 0 Å². The molecule has 1 rings (SSSR count). The summed E-state index contributed by atoms with van der Waals surface area (Å²) >= 11 is 0. The fourth-order valence-corrected chi connectivity index (χ4v) is 0.427. The van der Waals surface area contributed by atoms with Gasteiger partial charge in [0.1, 0.15) is 0 Å². The molecule has 0 aliphatic carbocycles. The van der Waals surface area contributed by atoms with Crippen molar-refractivity contribution in [2.75, 3.05) is 17.2 Å². The summed E-state index contributed by atoms with van der Waals surface area (Å²) in [4.78, 5) is 10.5. The maximum Gasteiger partial charge on any atom is 0.254 e. The minimum atomic E-state index is -3.12. The monoisotopic (exact) mass is 208 g/mol. The molecule has 1 aromatic heterocycles. The number of nitrogens with two attached hydrogens (primary N) is 3. The van der Waals surface area contributed by atoms with Gasteiger partial charge in [-0.25, -0.2) is 8.42 Å². The summed E-state index contributed by atoms with van der Waals surface area (Å²) in [5.41, 5.74) is 15.4. The third-order valence-corrected chi connectivity index (χ3v) is 0.687. The van der Waals surface area contributed by atoms with Gasteiger partial charge in [-0.1, -0.05) is 0 Å². The molecule has 10 heteroatoms. The van der Waals surface area contributed by atoms with Crippen LogP contribution in [-0.4, -0.2) is 27.9 Å². The van der Waals surface area contributed by atoms with Gasteiger partial charge in [-0.05, 0) is 0 Å². The zero-order valence-corrected chi connectivity index (χ0v) is 7.18. The normalized spacial score (nSPS) is 9.08. The van der Waals surface area contributed by atoms with Gasteiger partial charge in [0, 0.05) is 0 Å². The van der Waals surface area contributed by atoms with Crippen LogP contribution in [0.15, 0.2) is 0 Å². The molecule has 0 radical (unpaired) electrons. The molecular formula is C3H8N6O3S. The van der Waals surface area contributed by atoms with Crippen LogP contribution in [0.25, 0.3) is 0 Å². The molecule has 13 heavy (non-hydrogen) atoms. The molecule has 0 aliphatic heterocycles. The van der Waals surface area contributed by atoms with Crippen LogP contribution in [0, 0.1) is 0 Å². The molecule has 0 saturated carbocycles. The van der Waals surface area contributed by atoms with Gasteiger partial charge in [0.2, 0.25) is 17.8 Å². The summed E-state index contributed by atoms with van der Waals surface area (Å²) in [6.07, 6.45) is 0. The smallest absolute Gasteiger partial charge is 0.254 e. The Labute approximate surface area is 74.8 Å². The first-order valence-corrected chi connectivity index (χ1v) is 3.90. The van der Waals surface area contributed by atoms with Crippen LogP contribution in [0.1, 0.15) is 0 Å². The van der Waals surface area contributed by atoms with Crippen molar-refractivity contribution >= 4 is 28.8 Å². The minimum Gasteiger partial charge on any atom is -0.368 e. The fourth-order valence-electron chi connectivity index (χ4n) is 0.427. The predicted molar refractivity (Wildman–Crippen MR) is 46.0 cm³/mol. The van der Waals surface area contributed by atoms with Gasteiger partial charge >= 0.3 is 0 Å². The predicted octanol–water partition coefficient (Wildman–Crippen LogP) is -2.31. The Bertz CT molecular complexity index is 292. The SMILES string of the molecule is Nc1nc(N)nc(N)n1.O=[SH](=O)O. The average molecular weight is 208 g/mol. The van der Waals surface area contributed by atoms with E-state index in [0.717, 1.165) is 0 Å². The van der Waals surface area contributed by atoms with Gasteiger partial charge < -0.3 is 17.2 Å². The Morgan fingerprint density at radius 2 is 1.08 bits per heavy atom. The van der Waals surface area contributed by atoms with Crippen molar-refractivity contribution in [1.82, 2.24) is 15.0 Å². The average Bonchev–Trinajstić information content (AvgIpc) is 1.80. The van der Waals surface area contributed by atoms with Crippen molar-refractivity contribution in [1.29, 1.82) is 0 Å². The summed E-state index contributed by atoms with van der Waals surface area (Å²) in [6.45, 7) is 0. The number of aromatic nitrogens is 3. The van der Waals surface area contributed by atoms with Gasteiger partial charge in [-0.15, -0.1) is 0 Å². The van der Waals surface area contributed by atoms with Crippen molar-refractivity contribution < 1.29 is 13.0 Å². The lowest BCUT2D eigenvalue weighted by molar-refractivity contribution is 0.509. The fraction of sp³-hybridized carbons (Fsp3) is 0. The van der Waals surface area contributed by atoms with Crippen LogP contribution in [0.4, 0.5) is 17.8 Å². The van der Waals surface area contributed by atoms with E-state index in [-0.39, 0.29) is 17.8 Å². The standard InChI is InChI=1S/C3H6N6.H2O3S/c4-1-7-2(5)9-3(6)8-1;1-4(2)3/h(H6,4,5,6,7,8,9);4H,(H,1,2,3). The lowest BCUT2D eigenvalue weighted by Crippen LogP contribution is -2.05. The van der Waals surface area contributed by atoms with Crippen molar-refractivity contribution in [2.24, 2.45) is 0 Å². The molecule has 0 atom stereocenters. The summed E-state index contributed by atoms with van der Waals surface area (Å²) in [5.74, 6) is 0.125. The lowest BCUT2D eigenvalue weighted by Gasteiger charge is -1.93. The Kier molecular flexibility index (Phi) is 4.40. The van der Waals surface area contributed by atoms with Gasteiger partial charge in [0.15, 0.2) is 0 Å². The Morgan fingerprint density at radius 1 is 0.923 bits per heavy atom. The molecule has 7 N–H and O–H groups in total. The second-order valence-corrected chi connectivity index (χ2v) is 2.12. The Balaban J connectivity index is 0.000000310. The van der Waals surface area contributed by atoms with E-state index in [0.29, 0.717) is 0 Å². The zero-order valence-electron chi connectivity index (χ0n) is 6.28. The van der Waals surface area contributed by atoms with E-state index in [4.69, 9.17) is 30.2 Å². The summed E-state index contributed by atoms with van der Waals surface area (Å²) < 4.78 is 24.2. The molecule has 1 heterocycles. The molecule has 0 unspecified atom stereocenters. The summed E-state index contributed by atoms with van der Waals surface area (Å²) in [7, 11) is -3.12. The van der Waals surface area contributed by atoms with Crippen LogP contribution in [0.3, 0.4) is 0 Å². The van der Waals surface area contributed by atoms with E-state index < -0.39 is 11.0 Å². The first-order chi connectivity index (χ1) is 5.91. The molecule has 0 aromatic carbocycles. The highest BCUT2D eigenvalue weighted by Crippen LogP contribution is 1.97. The van der Waals surface area contributed by atoms with E-state index in [2.05, 4.69) is 15.0 Å². The number of hydrogen-bond donors (Lipinski definition) is 5. The molecule has 0 bridgehead atoms. The van der Waals surface area contributed by atoms with Gasteiger partial charge in [0.25, 0.3) is 11.0 Å². The molecule has 9 nitrogen and oxygen atoms in total. The zero-order chi connectivity index (χ0) is 10.4. The lowest BCUT2D eigenvalue weighted by atomic mass is 10.9. The quantitative estimate of drug-likeness (QED) is 0.232. The number of nitrogens with zero attached hydrogens (tertiary/aromatic N) is 3. The van der Waals surface area contributed by atoms with E-state index in [1.165, 1.54) is 0 Å². The second kappa shape index (κ2) is 5.05. The Hall–Kier alpha value is -1.68. The molecule has 74 valence electrons. The number of anilines is 3. The topological polar surface area (TPSA) is 171 Å². The van der Waals surface area contributed by atoms with Crippen LogP contribution in [0.5, 0.6) is 0 Å². The van der Waals surface area contributed by atoms with Crippen molar-refractivity contribution in [3.63, 3.8) is 0 Å². The van der Waals surface area contributed by atoms with Crippen LogP contribution < -0.4 is 17.2 Å². The molecule has 1 aromatic rings. The Morgan fingerprint density at radius 3 is 1.23 bits per heavy atom. The highest BCUT2D eigenvalue weighted by atomic mass is 32.2. The van der Waals surface area contributed by atoms with Crippen molar-refractivity contribution in [3.8, 4) is 0 Å². The van der Waals surface area contributed by atoms with E-state index >= 15 is 0 Å². The van der Waals surface area contributed by atoms with Crippen LogP contribution in [-0.2, 0) is 11.0 Å². The largest absolute Gasteiger partial charge is 0.368 e. The molecule has 0 aliphatic rings. The first-order valence-electron chi connectivity index (χ1n) is 2.77. The highest BCUT2D eigenvalue weighted by molar-refractivity contribution is 7.66.